The summed E-state index contributed by atoms with van der Waals surface area (Å²) in [6.45, 7) is 14.4. The van der Waals surface area contributed by atoms with Crippen LogP contribution in [-0.2, 0) is 11.2 Å². The minimum Gasteiger partial charge on any atom is -0.295 e. The molecule has 0 radical (unpaired) electrons. The third kappa shape index (κ3) is 6.15. The molecule has 0 atom stereocenters. The van der Waals surface area contributed by atoms with Crippen LogP contribution in [0.4, 0.5) is 0 Å². The zero-order valence-corrected chi connectivity index (χ0v) is 16.8. The van der Waals surface area contributed by atoms with E-state index >= 15 is 0 Å². The van der Waals surface area contributed by atoms with Gasteiger partial charge in [-0.15, -0.1) is 6.58 Å². The molecule has 0 amide bonds. The van der Waals surface area contributed by atoms with Crippen LogP contribution in [-0.4, -0.2) is 5.78 Å². The van der Waals surface area contributed by atoms with Crippen LogP contribution in [0.1, 0.15) is 75.6 Å². The molecular formula is C24H31NO. The molecule has 2 rings (SSSR count). The van der Waals surface area contributed by atoms with Crippen LogP contribution in [0.25, 0.3) is 6.08 Å². The number of carbonyl (C=O) groups is 1. The molecule has 0 unspecified atom stereocenters. The third-order valence-electron chi connectivity index (χ3n) is 4.49. The SMILES string of the molecule is C=CCc1cc(C#N)cc(C(C)C)c1/C=C\C.CC(C)C1=CC(=O)CC1. The summed E-state index contributed by atoms with van der Waals surface area (Å²) in [5.74, 6) is 1.29. The monoisotopic (exact) mass is 349 g/mol. The van der Waals surface area contributed by atoms with Crippen LogP contribution in [0.3, 0.4) is 0 Å². The molecule has 1 aromatic carbocycles. The summed E-state index contributed by atoms with van der Waals surface area (Å²) >= 11 is 0. The van der Waals surface area contributed by atoms with E-state index in [-0.39, 0.29) is 0 Å². The fourth-order valence-electron chi connectivity index (χ4n) is 3.05. The molecule has 1 aromatic rings. The molecule has 0 aliphatic heterocycles. The summed E-state index contributed by atoms with van der Waals surface area (Å²) < 4.78 is 0. The number of ketones is 1. The molecule has 2 heteroatoms. The Bertz CT molecular complexity index is 742. The lowest BCUT2D eigenvalue weighted by Gasteiger charge is -2.15. The fraction of sp³-hybridized carbons (Fsp3) is 0.417. The molecule has 0 spiro atoms. The van der Waals surface area contributed by atoms with Gasteiger partial charge in [-0.25, -0.2) is 0 Å². The number of benzene rings is 1. The molecule has 138 valence electrons. The van der Waals surface area contributed by atoms with Gasteiger partial charge < -0.3 is 0 Å². The molecule has 0 fully saturated rings. The van der Waals surface area contributed by atoms with E-state index in [0.717, 1.165) is 24.8 Å². The first-order valence-corrected chi connectivity index (χ1v) is 9.37. The highest BCUT2D eigenvalue weighted by Gasteiger charge is 2.13. The van der Waals surface area contributed by atoms with Crippen LogP contribution >= 0.6 is 0 Å². The van der Waals surface area contributed by atoms with Gasteiger partial charge in [0.25, 0.3) is 0 Å². The van der Waals surface area contributed by atoms with E-state index in [1.54, 1.807) is 6.08 Å². The summed E-state index contributed by atoms with van der Waals surface area (Å²) in [6.07, 6.45) is 10.4. The Morgan fingerprint density at radius 1 is 1.19 bits per heavy atom. The van der Waals surface area contributed by atoms with Gasteiger partial charge in [-0.1, -0.05) is 51.5 Å². The van der Waals surface area contributed by atoms with Crippen molar-refractivity contribution in [3.8, 4) is 6.07 Å². The molecule has 1 aliphatic rings. The van der Waals surface area contributed by atoms with Gasteiger partial charge in [0, 0.05) is 6.42 Å². The van der Waals surface area contributed by atoms with Crippen LogP contribution in [0, 0.1) is 17.2 Å². The van der Waals surface area contributed by atoms with Gasteiger partial charge in [-0.2, -0.15) is 5.26 Å². The molecule has 0 heterocycles. The summed E-state index contributed by atoms with van der Waals surface area (Å²) in [4.78, 5) is 10.7. The minimum absolute atomic E-state index is 0.304. The molecule has 0 N–H and O–H groups in total. The van der Waals surface area contributed by atoms with Gasteiger partial charge in [0.15, 0.2) is 5.78 Å². The molecule has 0 saturated carbocycles. The van der Waals surface area contributed by atoms with Gasteiger partial charge in [0.1, 0.15) is 0 Å². The highest BCUT2D eigenvalue weighted by atomic mass is 16.1. The zero-order valence-electron chi connectivity index (χ0n) is 16.8. The summed E-state index contributed by atoms with van der Waals surface area (Å²) in [5.41, 5.74) is 5.71. The van der Waals surface area contributed by atoms with Crippen LogP contribution in [0.5, 0.6) is 0 Å². The maximum absolute atomic E-state index is 10.7. The van der Waals surface area contributed by atoms with E-state index in [2.05, 4.69) is 46.4 Å². The average Bonchev–Trinajstić information content (AvgIpc) is 3.03. The largest absolute Gasteiger partial charge is 0.295 e. The standard InChI is InChI=1S/C16H19N.C8H12O/c1-5-7-14-9-13(11-17)10-16(12(3)4)15(14)8-6-2;1-6(2)7-3-4-8(9)5-7/h5-6,8-10,12H,1,7H2,2-4H3;5-6H,3-4H2,1-2H3/b8-6-;. The normalized spacial score (nSPS) is 13.6. The van der Waals surface area contributed by atoms with Gasteiger partial charge in [-0.3, -0.25) is 4.79 Å². The van der Waals surface area contributed by atoms with E-state index < -0.39 is 0 Å². The van der Waals surface area contributed by atoms with Crippen molar-refractivity contribution >= 4 is 11.9 Å². The van der Waals surface area contributed by atoms with Crippen molar-refractivity contribution in [1.82, 2.24) is 0 Å². The van der Waals surface area contributed by atoms with Crippen molar-refractivity contribution in [3.05, 3.63) is 64.8 Å². The number of nitrogens with zero attached hydrogens (tertiary/aromatic N) is 1. The number of carbonyl (C=O) groups excluding carboxylic acids is 1. The summed E-state index contributed by atoms with van der Waals surface area (Å²) in [5, 5.41) is 9.06. The quantitative estimate of drug-likeness (QED) is 0.579. The van der Waals surface area contributed by atoms with Crippen molar-refractivity contribution in [2.45, 2.75) is 59.8 Å². The predicted octanol–water partition coefficient (Wildman–Crippen LogP) is 6.37. The first-order chi connectivity index (χ1) is 12.3. The van der Waals surface area contributed by atoms with E-state index in [0.29, 0.717) is 17.6 Å². The van der Waals surface area contributed by atoms with Crippen molar-refractivity contribution in [3.63, 3.8) is 0 Å². The average molecular weight is 350 g/mol. The van der Waals surface area contributed by atoms with E-state index in [1.807, 2.05) is 31.2 Å². The number of allylic oxidation sites excluding steroid dienone is 4. The van der Waals surface area contributed by atoms with Crippen molar-refractivity contribution in [2.75, 3.05) is 0 Å². The Morgan fingerprint density at radius 3 is 2.27 bits per heavy atom. The molecule has 26 heavy (non-hydrogen) atoms. The zero-order chi connectivity index (χ0) is 19.7. The van der Waals surface area contributed by atoms with E-state index in [1.165, 1.54) is 22.3 Å². The molecule has 0 saturated heterocycles. The van der Waals surface area contributed by atoms with Gasteiger partial charge in [0.2, 0.25) is 0 Å². The smallest absolute Gasteiger partial charge is 0.155 e. The second-order valence-corrected chi connectivity index (χ2v) is 7.24. The number of hydrogen-bond acceptors (Lipinski definition) is 2. The Balaban J connectivity index is 0.000000314. The third-order valence-corrected chi connectivity index (χ3v) is 4.49. The first-order valence-electron chi connectivity index (χ1n) is 9.37. The highest BCUT2D eigenvalue weighted by molar-refractivity contribution is 5.93. The summed E-state index contributed by atoms with van der Waals surface area (Å²) in [7, 11) is 0. The number of hydrogen-bond donors (Lipinski definition) is 0. The van der Waals surface area contributed by atoms with Gasteiger partial charge >= 0.3 is 0 Å². The highest BCUT2D eigenvalue weighted by Crippen LogP contribution is 2.26. The Labute approximate surface area is 158 Å². The first kappa shape index (κ1) is 21.6. The molecule has 0 aromatic heterocycles. The predicted molar refractivity (Wildman–Crippen MR) is 111 cm³/mol. The van der Waals surface area contributed by atoms with Crippen molar-refractivity contribution in [1.29, 1.82) is 5.26 Å². The van der Waals surface area contributed by atoms with E-state index in [4.69, 9.17) is 5.26 Å². The van der Waals surface area contributed by atoms with E-state index in [9.17, 15) is 4.79 Å². The van der Waals surface area contributed by atoms with Crippen molar-refractivity contribution in [2.24, 2.45) is 5.92 Å². The lowest BCUT2D eigenvalue weighted by Crippen LogP contribution is -1.99. The summed E-state index contributed by atoms with van der Waals surface area (Å²) in [6, 6.07) is 6.19. The molecule has 2 nitrogen and oxygen atoms in total. The van der Waals surface area contributed by atoms with Crippen LogP contribution in [0.2, 0.25) is 0 Å². The maximum Gasteiger partial charge on any atom is 0.155 e. The van der Waals surface area contributed by atoms with Crippen molar-refractivity contribution < 1.29 is 4.79 Å². The minimum atomic E-state index is 0.304. The second kappa shape index (κ2) is 10.6. The fourth-order valence-corrected chi connectivity index (χ4v) is 3.05. The number of nitriles is 1. The lowest BCUT2D eigenvalue weighted by molar-refractivity contribution is -0.114. The van der Waals surface area contributed by atoms with Gasteiger partial charge in [-0.05, 0) is 66.5 Å². The molecule has 0 bridgehead atoms. The second-order valence-electron chi connectivity index (χ2n) is 7.24. The Hall–Kier alpha value is -2.40. The molecule has 1 aliphatic carbocycles. The number of rotatable bonds is 5. The van der Waals surface area contributed by atoms with Gasteiger partial charge in [0.05, 0.1) is 11.6 Å². The topological polar surface area (TPSA) is 40.9 Å². The van der Waals surface area contributed by atoms with Crippen LogP contribution < -0.4 is 0 Å². The Kier molecular flexibility index (Phi) is 8.79. The molecular weight excluding hydrogens is 318 g/mol. The maximum atomic E-state index is 10.7. The van der Waals surface area contributed by atoms with Crippen LogP contribution in [0.15, 0.2) is 42.5 Å². The Morgan fingerprint density at radius 2 is 1.88 bits per heavy atom. The lowest BCUT2D eigenvalue weighted by atomic mass is 9.89.